The molecule has 0 saturated heterocycles. The fraction of sp³-hybridized carbons (Fsp3) is 0.200. The Labute approximate surface area is 162 Å². The van der Waals surface area contributed by atoms with Crippen molar-refractivity contribution in [3.8, 4) is 16.9 Å². The van der Waals surface area contributed by atoms with Crippen molar-refractivity contribution in [3.05, 3.63) is 69.3 Å². The molecule has 0 saturated carbocycles. The lowest BCUT2D eigenvalue weighted by Crippen LogP contribution is -2.06. The summed E-state index contributed by atoms with van der Waals surface area (Å²) in [6.45, 7) is 4.00. The van der Waals surface area contributed by atoms with Gasteiger partial charge in [0.05, 0.1) is 21.4 Å². The van der Waals surface area contributed by atoms with Crippen LogP contribution in [0.1, 0.15) is 35.0 Å². The van der Waals surface area contributed by atoms with Gasteiger partial charge in [0.1, 0.15) is 11.3 Å². The Bertz CT molecular complexity index is 980. The molecule has 0 amide bonds. The second-order valence-corrected chi connectivity index (χ2v) is 6.92. The highest BCUT2D eigenvalue weighted by Gasteiger charge is 2.25. The number of hydrogen-bond donors (Lipinski definition) is 1. The summed E-state index contributed by atoms with van der Waals surface area (Å²) in [6.07, 6.45) is 1.41. The van der Waals surface area contributed by atoms with Gasteiger partial charge in [0.25, 0.3) is 0 Å². The third-order valence-corrected chi connectivity index (χ3v) is 4.86. The van der Waals surface area contributed by atoms with Crippen molar-refractivity contribution >= 4 is 29.2 Å². The minimum absolute atomic E-state index is 0.201. The summed E-state index contributed by atoms with van der Waals surface area (Å²) >= 11 is 12.1. The standard InChI is InChI=1S/C20H18Cl2N2O2/c1-3-5-17-18(20(25)26)19(13-8-9-15(21)16(22)11-13)23-24(17)14-7-4-6-12(2)10-14/h4,6-11H,3,5H2,1-2H3,(H,25,26). The minimum Gasteiger partial charge on any atom is -0.478 e. The van der Waals surface area contributed by atoms with Gasteiger partial charge in [-0.2, -0.15) is 5.10 Å². The van der Waals surface area contributed by atoms with Crippen molar-refractivity contribution in [2.24, 2.45) is 0 Å². The van der Waals surface area contributed by atoms with E-state index in [2.05, 4.69) is 5.10 Å². The van der Waals surface area contributed by atoms with Crippen molar-refractivity contribution in [3.63, 3.8) is 0 Å². The van der Waals surface area contributed by atoms with Crippen LogP contribution >= 0.6 is 23.2 Å². The number of aromatic carboxylic acids is 1. The van der Waals surface area contributed by atoms with Gasteiger partial charge in [-0.15, -0.1) is 0 Å². The van der Waals surface area contributed by atoms with Crippen molar-refractivity contribution < 1.29 is 9.90 Å². The highest BCUT2D eigenvalue weighted by Crippen LogP contribution is 2.32. The number of nitrogens with zero attached hydrogens (tertiary/aromatic N) is 2. The van der Waals surface area contributed by atoms with E-state index in [1.54, 1.807) is 22.9 Å². The predicted octanol–water partition coefficient (Wildman–Crippen LogP) is 5.81. The number of carbonyl (C=O) groups is 1. The molecule has 1 aromatic heterocycles. The Balaban J connectivity index is 2.29. The molecule has 0 aliphatic heterocycles. The zero-order chi connectivity index (χ0) is 18.8. The summed E-state index contributed by atoms with van der Waals surface area (Å²) in [7, 11) is 0. The van der Waals surface area contributed by atoms with Crippen molar-refractivity contribution in [2.45, 2.75) is 26.7 Å². The molecule has 0 bridgehead atoms. The Morgan fingerprint density at radius 3 is 2.54 bits per heavy atom. The van der Waals surface area contributed by atoms with Gasteiger partial charge >= 0.3 is 5.97 Å². The monoisotopic (exact) mass is 388 g/mol. The molecule has 1 N–H and O–H groups in total. The molecule has 6 heteroatoms. The van der Waals surface area contributed by atoms with Gasteiger partial charge in [0, 0.05) is 5.56 Å². The van der Waals surface area contributed by atoms with Crippen LogP contribution < -0.4 is 0 Å². The van der Waals surface area contributed by atoms with E-state index in [0.717, 1.165) is 17.7 Å². The lowest BCUT2D eigenvalue weighted by Gasteiger charge is -2.08. The zero-order valence-corrected chi connectivity index (χ0v) is 16.0. The highest BCUT2D eigenvalue weighted by atomic mass is 35.5. The van der Waals surface area contributed by atoms with Crippen LogP contribution in [-0.4, -0.2) is 20.9 Å². The van der Waals surface area contributed by atoms with E-state index >= 15 is 0 Å². The summed E-state index contributed by atoms with van der Waals surface area (Å²) in [5.41, 5.74) is 3.80. The third-order valence-electron chi connectivity index (χ3n) is 4.12. The molecule has 3 rings (SSSR count). The largest absolute Gasteiger partial charge is 0.478 e. The summed E-state index contributed by atoms with van der Waals surface area (Å²) < 4.78 is 1.72. The maximum absolute atomic E-state index is 12.0. The third kappa shape index (κ3) is 3.48. The van der Waals surface area contributed by atoms with E-state index in [1.807, 2.05) is 38.1 Å². The van der Waals surface area contributed by atoms with E-state index in [4.69, 9.17) is 23.2 Å². The van der Waals surface area contributed by atoms with Crippen molar-refractivity contribution in [2.75, 3.05) is 0 Å². The molecule has 0 spiro atoms. The molecule has 3 aromatic rings. The number of carboxylic acids is 1. The number of hydrogen-bond acceptors (Lipinski definition) is 2. The summed E-state index contributed by atoms with van der Waals surface area (Å²) in [5.74, 6) is -1.01. The van der Waals surface area contributed by atoms with Crippen LogP contribution in [0.25, 0.3) is 16.9 Å². The number of rotatable bonds is 5. The summed E-state index contributed by atoms with van der Waals surface area (Å²) in [4.78, 5) is 12.0. The maximum Gasteiger partial charge on any atom is 0.339 e. The molecular weight excluding hydrogens is 371 g/mol. The van der Waals surface area contributed by atoms with E-state index in [1.165, 1.54) is 0 Å². The number of halogens is 2. The summed E-state index contributed by atoms with van der Waals surface area (Å²) in [5, 5.41) is 15.3. The number of benzene rings is 2. The van der Waals surface area contributed by atoms with Gasteiger partial charge < -0.3 is 5.11 Å². The molecule has 0 fully saturated rings. The fourth-order valence-electron chi connectivity index (χ4n) is 2.96. The Morgan fingerprint density at radius 1 is 1.15 bits per heavy atom. The Morgan fingerprint density at radius 2 is 1.92 bits per heavy atom. The molecule has 2 aromatic carbocycles. The number of aryl methyl sites for hydroxylation is 1. The smallest absolute Gasteiger partial charge is 0.339 e. The molecule has 0 radical (unpaired) electrons. The van der Waals surface area contributed by atoms with Crippen LogP contribution in [-0.2, 0) is 6.42 Å². The van der Waals surface area contributed by atoms with Crippen LogP contribution in [0.5, 0.6) is 0 Å². The van der Waals surface area contributed by atoms with Gasteiger partial charge in [-0.05, 0) is 43.2 Å². The van der Waals surface area contributed by atoms with Crippen molar-refractivity contribution in [1.82, 2.24) is 9.78 Å². The first kappa shape index (κ1) is 18.5. The second-order valence-electron chi connectivity index (χ2n) is 6.11. The molecule has 1 heterocycles. The van der Waals surface area contributed by atoms with Crippen LogP contribution in [0.3, 0.4) is 0 Å². The molecule has 0 aliphatic carbocycles. The average Bonchev–Trinajstić information content (AvgIpc) is 2.97. The quantitative estimate of drug-likeness (QED) is 0.600. The fourth-order valence-corrected chi connectivity index (χ4v) is 3.26. The zero-order valence-electron chi connectivity index (χ0n) is 14.5. The topological polar surface area (TPSA) is 55.1 Å². The molecule has 0 unspecified atom stereocenters. The molecule has 134 valence electrons. The normalized spacial score (nSPS) is 10.9. The molecule has 4 nitrogen and oxygen atoms in total. The first-order chi connectivity index (χ1) is 12.4. The molecule has 0 aliphatic rings. The lowest BCUT2D eigenvalue weighted by molar-refractivity contribution is 0.0696. The minimum atomic E-state index is -1.01. The first-order valence-corrected chi connectivity index (χ1v) is 9.05. The van der Waals surface area contributed by atoms with E-state index in [0.29, 0.717) is 33.4 Å². The average molecular weight is 389 g/mol. The Kier molecular flexibility index (Phi) is 5.35. The van der Waals surface area contributed by atoms with Gasteiger partial charge in [0.15, 0.2) is 0 Å². The predicted molar refractivity (Wildman–Crippen MR) is 105 cm³/mol. The van der Waals surface area contributed by atoms with Gasteiger partial charge in [0.2, 0.25) is 0 Å². The number of carboxylic acid groups (broad SMARTS) is 1. The first-order valence-electron chi connectivity index (χ1n) is 8.30. The summed E-state index contributed by atoms with van der Waals surface area (Å²) in [6, 6.07) is 12.9. The Hall–Kier alpha value is -2.30. The van der Waals surface area contributed by atoms with E-state index in [-0.39, 0.29) is 5.56 Å². The van der Waals surface area contributed by atoms with Crippen LogP contribution in [0, 0.1) is 6.92 Å². The lowest BCUT2D eigenvalue weighted by atomic mass is 10.0. The highest BCUT2D eigenvalue weighted by molar-refractivity contribution is 6.42. The molecular formula is C20H18Cl2N2O2. The van der Waals surface area contributed by atoms with Gasteiger partial charge in [-0.1, -0.05) is 54.7 Å². The van der Waals surface area contributed by atoms with Crippen LogP contribution in [0.2, 0.25) is 10.0 Å². The van der Waals surface area contributed by atoms with Crippen LogP contribution in [0.15, 0.2) is 42.5 Å². The second kappa shape index (κ2) is 7.52. The van der Waals surface area contributed by atoms with E-state index < -0.39 is 5.97 Å². The maximum atomic E-state index is 12.0. The molecule has 0 atom stereocenters. The van der Waals surface area contributed by atoms with E-state index in [9.17, 15) is 9.90 Å². The van der Waals surface area contributed by atoms with Gasteiger partial charge in [-0.25, -0.2) is 9.48 Å². The number of aromatic nitrogens is 2. The van der Waals surface area contributed by atoms with Crippen molar-refractivity contribution in [1.29, 1.82) is 0 Å². The molecule has 26 heavy (non-hydrogen) atoms. The van der Waals surface area contributed by atoms with Gasteiger partial charge in [-0.3, -0.25) is 0 Å². The van der Waals surface area contributed by atoms with Crippen LogP contribution in [0.4, 0.5) is 0 Å². The SMILES string of the molecule is CCCc1c(C(=O)O)c(-c2ccc(Cl)c(Cl)c2)nn1-c1cccc(C)c1.